The fourth-order valence-corrected chi connectivity index (χ4v) is 6.60. The van der Waals surface area contributed by atoms with Gasteiger partial charge in [-0.05, 0) is 92.9 Å². The summed E-state index contributed by atoms with van der Waals surface area (Å²) in [5.74, 6) is 0. The van der Waals surface area contributed by atoms with Crippen molar-refractivity contribution in [3.63, 3.8) is 0 Å². The summed E-state index contributed by atoms with van der Waals surface area (Å²) in [7, 11) is -0.529. The van der Waals surface area contributed by atoms with Gasteiger partial charge in [0.05, 0.1) is 11.9 Å². The molecule has 1 fully saturated rings. The molecule has 9 nitrogen and oxygen atoms in total. The van der Waals surface area contributed by atoms with E-state index >= 15 is 0 Å². The fraction of sp³-hybridized carbons (Fsp3) is 0.565. The summed E-state index contributed by atoms with van der Waals surface area (Å²) in [6.07, 6.45) is 11.0. The standard InChI is InChI=1S/C23H32N6O3S.Na/c1-27-11-5-8-18(27)15-29(19-13-24-28(2)14-19)33(31,32)26-23(30)25-22-20-9-3-6-16(20)12-17-7-4-10-21(17)22;/h12-14,18H,3-11,15H2,1-2H3,(H2,25,26,30);/q;+1/p-1/t18-;/m0./s1. The molecule has 0 unspecified atom stereocenters. The van der Waals surface area contributed by atoms with Crippen molar-refractivity contribution in [1.82, 2.24) is 14.7 Å². The van der Waals surface area contributed by atoms with Crippen LogP contribution in [-0.2, 0) is 42.9 Å². The molecule has 1 aromatic carbocycles. The zero-order valence-corrected chi connectivity index (χ0v) is 23.1. The number of rotatable bonds is 6. The molecule has 2 aliphatic carbocycles. The van der Waals surface area contributed by atoms with Crippen molar-refractivity contribution in [3.05, 3.63) is 45.4 Å². The molecule has 2 aromatic rings. The van der Waals surface area contributed by atoms with E-state index in [0.29, 0.717) is 5.69 Å². The van der Waals surface area contributed by atoms with Gasteiger partial charge in [-0.3, -0.25) is 13.8 Å². The van der Waals surface area contributed by atoms with Crippen molar-refractivity contribution in [2.24, 2.45) is 7.05 Å². The van der Waals surface area contributed by atoms with Crippen molar-refractivity contribution in [2.75, 3.05) is 29.8 Å². The number of aromatic nitrogens is 2. The van der Waals surface area contributed by atoms with Crippen LogP contribution in [0, 0.1) is 0 Å². The Bertz CT molecular complexity index is 1150. The van der Waals surface area contributed by atoms with Gasteiger partial charge < -0.3 is 14.9 Å². The van der Waals surface area contributed by atoms with E-state index in [2.05, 4.69) is 26.1 Å². The number of carbonyl (C=O) groups excluding carboxylic acids is 1. The second kappa shape index (κ2) is 10.2. The van der Waals surface area contributed by atoms with Crippen LogP contribution in [0.1, 0.15) is 47.9 Å². The predicted molar refractivity (Wildman–Crippen MR) is 128 cm³/mol. The Balaban J connectivity index is 0.00000274. The van der Waals surface area contributed by atoms with E-state index in [-0.39, 0.29) is 42.1 Å². The van der Waals surface area contributed by atoms with Crippen LogP contribution in [0.3, 0.4) is 0 Å². The molecule has 178 valence electrons. The van der Waals surface area contributed by atoms with Crippen molar-refractivity contribution in [1.29, 1.82) is 0 Å². The van der Waals surface area contributed by atoms with Gasteiger partial charge in [0, 0.05) is 25.8 Å². The number of nitrogens with one attached hydrogen (secondary N) is 1. The second-order valence-electron chi connectivity index (χ2n) is 9.41. The molecule has 11 heteroatoms. The van der Waals surface area contributed by atoms with Crippen LogP contribution in [0.5, 0.6) is 0 Å². The third kappa shape index (κ3) is 5.02. The first-order valence-electron chi connectivity index (χ1n) is 11.7. The number of carbonyl (C=O) groups is 1. The Labute approximate surface area is 223 Å². The first-order valence-corrected chi connectivity index (χ1v) is 13.1. The molecule has 1 aromatic heterocycles. The van der Waals surface area contributed by atoms with E-state index in [1.165, 1.54) is 21.6 Å². The van der Waals surface area contributed by atoms with Crippen molar-refractivity contribution in [2.45, 2.75) is 57.4 Å². The van der Waals surface area contributed by atoms with Crippen molar-refractivity contribution in [3.8, 4) is 0 Å². The molecule has 1 saturated heterocycles. The Morgan fingerprint density at radius 1 is 1.15 bits per heavy atom. The Kier molecular flexibility index (Phi) is 7.64. The smallest absolute Gasteiger partial charge is 0.423 e. The summed E-state index contributed by atoms with van der Waals surface area (Å²) >= 11 is 0. The topological polar surface area (TPSA) is 102 Å². The van der Waals surface area contributed by atoms with E-state index in [1.807, 2.05) is 7.05 Å². The van der Waals surface area contributed by atoms with Gasteiger partial charge in [0.1, 0.15) is 0 Å². The number of anilines is 2. The quantitative estimate of drug-likeness (QED) is 0.577. The van der Waals surface area contributed by atoms with Gasteiger partial charge >= 0.3 is 29.6 Å². The average molecular weight is 495 g/mol. The predicted octanol–water partition coefficient (Wildman–Crippen LogP) is 0.153. The zero-order valence-electron chi connectivity index (χ0n) is 20.2. The van der Waals surface area contributed by atoms with Gasteiger partial charge in [-0.2, -0.15) is 5.10 Å². The summed E-state index contributed by atoms with van der Waals surface area (Å²) < 4.78 is 33.2. The zero-order chi connectivity index (χ0) is 23.2. The van der Waals surface area contributed by atoms with E-state index in [0.717, 1.165) is 74.7 Å². The summed E-state index contributed by atoms with van der Waals surface area (Å²) in [5.41, 5.74) is 6.05. The number of urea groups is 1. The largest absolute Gasteiger partial charge is 1.00 e. The molecular formula is C23H31N6NaO3S. The first-order chi connectivity index (χ1) is 15.8. The van der Waals surface area contributed by atoms with E-state index < -0.39 is 16.2 Å². The van der Waals surface area contributed by atoms with Crippen molar-refractivity contribution < 1.29 is 42.8 Å². The number of likely N-dealkylation sites (N-methyl/N-ethyl adjacent to an activating group) is 1. The maximum atomic E-state index is 13.3. The SMILES string of the molecule is CN1CCC[C@H]1CN(c1cnn(C)c1)S(=O)(=O)[N-]C(=O)Nc1c2c(cc3c1CCC3)CCC2.[Na+]. The summed E-state index contributed by atoms with van der Waals surface area (Å²) in [5, 5.41) is 6.99. The van der Waals surface area contributed by atoms with Crippen LogP contribution in [0.4, 0.5) is 16.2 Å². The molecule has 0 radical (unpaired) electrons. The molecule has 2 heterocycles. The van der Waals surface area contributed by atoms with Crippen LogP contribution in [0.15, 0.2) is 18.5 Å². The number of hydrogen-bond acceptors (Lipinski definition) is 5. The molecular weight excluding hydrogens is 463 g/mol. The van der Waals surface area contributed by atoms with Crippen LogP contribution in [-0.4, -0.2) is 55.3 Å². The van der Waals surface area contributed by atoms with Gasteiger partial charge in [0.15, 0.2) is 6.03 Å². The number of fused-ring (bicyclic) bond motifs is 2. The molecule has 1 aliphatic heterocycles. The van der Waals surface area contributed by atoms with Crippen LogP contribution < -0.4 is 39.2 Å². The molecule has 0 spiro atoms. The van der Waals surface area contributed by atoms with Gasteiger partial charge in [0.2, 0.25) is 0 Å². The number of aryl methyl sites for hydroxylation is 3. The fourth-order valence-electron chi connectivity index (χ4n) is 5.52. The summed E-state index contributed by atoms with van der Waals surface area (Å²) in [4.78, 5) is 15.1. The van der Waals surface area contributed by atoms with Gasteiger partial charge in [-0.25, -0.2) is 8.42 Å². The molecule has 0 bridgehead atoms. The maximum absolute atomic E-state index is 13.3. The number of amides is 2. The third-order valence-electron chi connectivity index (χ3n) is 7.21. The van der Waals surface area contributed by atoms with Crippen LogP contribution >= 0.6 is 0 Å². The van der Waals surface area contributed by atoms with Gasteiger partial charge in [-0.1, -0.05) is 6.07 Å². The van der Waals surface area contributed by atoms with Crippen molar-refractivity contribution >= 4 is 27.6 Å². The minimum atomic E-state index is -4.25. The number of likely N-dealkylation sites (tertiary alicyclic amines) is 1. The summed E-state index contributed by atoms with van der Waals surface area (Å²) in [6, 6.07) is 1.51. The normalized spacial score (nSPS) is 19.4. The monoisotopic (exact) mass is 494 g/mol. The Hall–Kier alpha value is -1.59. The molecule has 5 rings (SSSR count). The molecule has 34 heavy (non-hydrogen) atoms. The van der Waals surface area contributed by atoms with E-state index in [4.69, 9.17) is 0 Å². The van der Waals surface area contributed by atoms with Gasteiger partial charge in [0.25, 0.3) is 10.2 Å². The molecule has 1 N–H and O–H groups in total. The molecule has 2 amide bonds. The first kappa shape index (κ1) is 25.5. The average Bonchev–Trinajstić information content (AvgIpc) is 3.53. The Morgan fingerprint density at radius 3 is 2.38 bits per heavy atom. The van der Waals surface area contributed by atoms with E-state index in [1.54, 1.807) is 17.9 Å². The van der Waals surface area contributed by atoms with E-state index in [9.17, 15) is 13.2 Å². The molecule has 1 atom stereocenters. The minimum Gasteiger partial charge on any atom is -0.423 e. The number of nitrogens with zero attached hydrogens (tertiary/aromatic N) is 5. The van der Waals surface area contributed by atoms with Crippen LogP contribution in [0.2, 0.25) is 0 Å². The second-order valence-corrected chi connectivity index (χ2v) is 10.9. The molecule has 3 aliphatic rings. The van der Waals surface area contributed by atoms with Crippen LogP contribution in [0.25, 0.3) is 4.72 Å². The molecule has 0 saturated carbocycles. The third-order valence-corrected chi connectivity index (χ3v) is 8.52. The minimum absolute atomic E-state index is 0. The number of benzene rings is 1. The Morgan fingerprint density at radius 2 is 1.82 bits per heavy atom. The maximum Gasteiger partial charge on any atom is 1.00 e. The number of hydrogen-bond donors (Lipinski definition) is 1. The summed E-state index contributed by atoms with van der Waals surface area (Å²) in [6.45, 7) is 1.16. The van der Waals surface area contributed by atoms with Gasteiger partial charge in [-0.15, -0.1) is 0 Å².